The Bertz CT molecular complexity index is 639. The van der Waals surface area contributed by atoms with Crippen LogP contribution in [-0.2, 0) is 9.53 Å². The summed E-state index contributed by atoms with van der Waals surface area (Å²) in [6.07, 6.45) is 2.24. The van der Waals surface area contributed by atoms with E-state index in [0.29, 0.717) is 19.0 Å². The molecule has 0 bridgehead atoms. The molecule has 1 aliphatic heterocycles. The van der Waals surface area contributed by atoms with Gasteiger partial charge in [0.15, 0.2) is 5.96 Å². The van der Waals surface area contributed by atoms with E-state index in [1.807, 2.05) is 31.2 Å². The van der Waals surface area contributed by atoms with Crippen molar-refractivity contribution in [2.75, 3.05) is 40.3 Å². The van der Waals surface area contributed by atoms with Gasteiger partial charge in [0.25, 0.3) is 0 Å². The van der Waals surface area contributed by atoms with Gasteiger partial charge in [0, 0.05) is 27.2 Å². The molecule has 158 valence electrons. The van der Waals surface area contributed by atoms with E-state index in [-0.39, 0.29) is 48.6 Å². The van der Waals surface area contributed by atoms with Gasteiger partial charge in [0.05, 0.1) is 17.1 Å². The highest BCUT2D eigenvalue weighted by molar-refractivity contribution is 14.0. The average molecular weight is 569 g/mol. The predicted octanol–water partition coefficient (Wildman–Crippen LogP) is 2.64. The van der Waals surface area contributed by atoms with Gasteiger partial charge in [-0.1, -0.05) is 12.1 Å². The number of ether oxygens (including phenoxy) is 2. The summed E-state index contributed by atoms with van der Waals surface area (Å²) in [6.45, 7) is 4.10. The molecular formula is C19H30BrIN4O3. The van der Waals surface area contributed by atoms with Gasteiger partial charge in [-0.15, -0.1) is 24.0 Å². The summed E-state index contributed by atoms with van der Waals surface area (Å²) in [6, 6.07) is 7.74. The molecule has 1 aromatic rings. The Labute approximate surface area is 192 Å². The molecule has 1 amide bonds. The zero-order chi connectivity index (χ0) is 19.6. The Morgan fingerprint density at radius 1 is 1.39 bits per heavy atom. The van der Waals surface area contributed by atoms with Crippen LogP contribution in [0.15, 0.2) is 33.7 Å². The minimum Gasteiger partial charge on any atom is -0.488 e. The highest BCUT2D eigenvalue weighted by Gasteiger charge is 2.16. The number of amides is 1. The van der Waals surface area contributed by atoms with Crippen molar-refractivity contribution in [2.45, 2.75) is 32.0 Å². The van der Waals surface area contributed by atoms with Crippen LogP contribution in [0.5, 0.6) is 5.75 Å². The fraction of sp³-hybridized carbons (Fsp3) is 0.579. The van der Waals surface area contributed by atoms with Crippen molar-refractivity contribution < 1.29 is 14.3 Å². The second-order valence-electron chi connectivity index (χ2n) is 6.71. The molecule has 0 spiro atoms. The molecule has 0 aliphatic carbocycles. The maximum absolute atomic E-state index is 11.8. The lowest BCUT2D eigenvalue weighted by Gasteiger charge is -2.20. The van der Waals surface area contributed by atoms with Crippen LogP contribution >= 0.6 is 39.9 Å². The lowest BCUT2D eigenvalue weighted by molar-refractivity contribution is -0.127. The fourth-order valence-corrected chi connectivity index (χ4v) is 2.90. The second-order valence-corrected chi connectivity index (χ2v) is 7.56. The quantitative estimate of drug-likeness (QED) is 0.286. The molecule has 1 heterocycles. The third-order valence-electron chi connectivity index (χ3n) is 4.11. The van der Waals surface area contributed by atoms with Gasteiger partial charge in [-0.2, -0.15) is 0 Å². The number of likely N-dealkylation sites (N-methyl/N-ethyl adjacent to an activating group) is 1. The Balaban J connectivity index is 0.00000392. The number of carbonyl (C=O) groups is 1. The number of nitrogens with one attached hydrogen (secondary N) is 2. The Morgan fingerprint density at radius 2 is 2.14 bits per heavy atom. The van der Waals surface area contributed by atoms with E-state index in [1.54, 1.807) is 14.1 Å². The monoisotopic (exact) mass is 568 g/mol. The van der Waals surface area contributed by atoms with Gasteiger partial charge < -0.3 is 25.0 Å². The first-order valence-electron chi connectivity index (χ1n) is 9.21. The topological polar surface area (TPSA) is 75.2 Å². The van der Waals surface area contributed by atoms with Gasteiger partial charge in [-0.25, -0.2) is 4.99 Å². The summed E-state index contributed by atoms with van der Waals surface area (Å²) < 4.78 is 12.5. The van der Waals surface area contributed by atoms with Gasteiger partial charge in [0.2, 0.25) is 5.91 Å². The third kappa shape index (κ3) is 8.95. The number of aliphatic imine (C=N–C) groups is 1. The van der Waals surface area contributed by atoms with E-state index in [0.717, 1.165) is 29.7 Å². The molecule has 1 aromatic carbocycles. The van der Waals surface area contributed by atoms with Crippen LogP contribution in [0, 0.1) is 0 Å². The van der Waals surface area contributed by atoms with Crippen LogP contribution in [0.25, 0.3) is 0 Å². The van der Waals surface area contributed by atoms with Crippen molar-refractivity contribution >= 4 is 51.8 Å². The molecule has 2 unspecified atom stereocenters. The zero-order valence-electron chi connectivity index (χ0n) is 16.6. The van der Waals surface area contributed by atoms with Crippen molar-refractivity contribution in [1.29, 1.82) is 0 Å². The predicted molar refractivity (Wildman–Crippen MR) is 126 cm³/mol. The third-order valence-corrected chi connectivity index (χ3v) is 4.77. The van der Waals surface area contributed by atoms with Crippen LogP contribution in [0.4, 0.5) is 0 Å². The van der Waals surface area contributed by atoms with E-state index in [2.05, 4.69) is 31.6 Å². The number of guanidine groups is 1. The number of halogens is 2. The highest BCUT2D eigenvalue weighted by atomic mass is 127. The fourth-order valence-electron chi connectivity index (χ4n) is 2.52. The first-order chi connectivity index (χ1) is 13.0. The SMILES string of the molecule is CC(CNC(=NCC(=O)N(C)C)NCC1CCCO1)Oc1ccccc1Br.I. The van der Waals surface area contributed by atoms with E-state index in [1.165, 1.54) is 4.90 Å². The summed E-state index contributed by atoms with van der Waals surface area (Å²) in [5.41, 5.74) is 0. The van der Waals surface area contributed by atoms with Crippen molar-refractivity contribution in [3.63, 3.8) is 0 Å². The maximum atomic E-state index is 11.8. The minimum absolute atomic E-state index is 0. The summed E-state index contributed by atoms with van der Waals surface area (Å²) >= 11 is 3.48. The molecule has 1 aliphatic rings. The Hall–Kier alpha value is -1.07. The Morgan fingerprint density at radius 3 is 2.79 bits per heavy atom. The van der Waals surface area contributed by atoms with Crippen LogP contribution < -0.4 is 15.4 Å². The summed E-state index contributed by atoms with van der Waals surface area (Å²) in [5.74, 6) is 1.33. The van der Waals surface area contributed by atoms with E-state index < -0.39 is 0 Å². The van der Waals surface area contributed by atoms with E-state index in [9.17, 15) is 4.79 Å². The van der Waals surface area contributed by atoms with Gasteiger partial charge in [0.1, 0.15) is 18.4 Å². The molecule has 2 N–H and O–H groups in total. The average Bonchev–Trinajstić information content (AvgIpc) is 3.16. The van der Waals surface area contributed by atoms with Crippen molar-refractivity contribution in [3.8, 4) is 5.75 Å². The summed E-state index contributed by atoms with van der Waals surface area (Å²) in [5, 5.41) is 6.51. The summed E-state index contributed by atoms with van der Waals surface area (Å²) in [7, 11) is 3.44. The van der Waals surface area contributed by atoms with Crippen LogP contribution in [-0.4, -0.2) is 69.3 Å². The number of nitrogens with zero attached hydrogens (tertiary/aromatic N) is 2. The number of benzene rings is 1. The molecule has 0 radical (unpaired) electrons. The van der Waals surface area contributed by atoms with Crippen molar-refractivity contribution in [2.24, 2.45) is 4.99 Å². The molecule has 1 fully saturated rings. The molecule has 28 heavy (non-hydrogen) atoms. The maximum Gasteiger partial charge on any atom is 0.243 e. The van der Waals surface area contributed by atoms with Crippen molar-refractivity contribution in [3.05, 3.63) is 28.7 Å². The number of hydrogen-bond donors (Lipinski definition) is 2. The zero-order valence-corrected chi connectivity index (χ0v) is 20.5. The first kappa shape index (κ1) is 25.0. The normalized spacial score (nSPS) is 17.4. The molecule has 1 saturated heterocycles. The van der Waals surface area contributed by atoms with E-state index in [4.69, 9.17) is 9.47 Å². The lowest BCUT2D eigenvalue weighted by Crippen LogP contribution is -2.44. The molecule has 7 nitrogen and oxygen atoms in total. The van der Waals surface area contributed by atoms with Gasteiger partial charge in [-0.3, -0.25) is 4.79 Å². The lowest BCUT2D eigenvalue weighted by atomic mass is 10.2. The minimum atomic E-state index is -0.0806. The van der Waals surface area contributed by atoms with Gasteiger partial charge in [-0.05, 0) is 47.8 Å². The molecule has 0 saturated carbocycles. The largest absolute Gasteiger partial charge is 0.488 e. The number of carbonyl (C=O) groups excluding carboxylic acids is 1. The van der Waals surface area contributed by atoms with Gasteiger partial charge >= 0.3 is 0 Å². The number of para-hydroxylation sites is 1. The standard InChI is InChI=1S/C19H29BrN4O3.HI/c1-14(27-17-9-5-4-8-16(17)20)11-21-19(23-13-18(25)24(2)3)22-12-15-7-6-10-26-15;/h4-5,8-9,14-15H,6-7,10-13H2,1-3H3,(H2,21,22,23);1H. The molecular weight excluding hydrogens is 539 g/mol. The number of hydrogen-bond acceptors (Lipinski definition) is 4. The molecule has 2 rings (SSSR count). The van der Waals surface area contributed by atoms with Crippen LogP contribution in [0.1, 0.15) is 19.8 Å². The first-order valence-corrected chi connectivity index (χ1v) is 10.00. The van der Waals surface area contributed by atoms with E-state index >= 15 is 0 Å². The number of rotatable bonds is 8. The molecule has 0 aromatic heterocycles. The summed E-state index contributed by atoms with van der Waals surface area (Å²) in [4.78, 5) is 17.7. The Kier molecular flexibility index (Phi) is 11.8. The molecule has 9 heteroatoms. The van der Waals surface area contributed by atoms with Crippen molar-refractivity contribution in [1.82, 2.24) is 15.5 Å². The van der Waals surface area contributed by atoms with Crippen LogP contribution in [0.2, 0.25) is 0 Å². The highest BCUT2D eigenvalue weighted by Crippen LogP contribution is 2.24. The molecule has 2 atom stereocenters. The second kappa shape index (κ2) is 13.2. The van der Waals surface area contributed by atoms with Crippen LogP contribution in [0.3, 0.4) is 0 Å². The smallest absolute Gasteiger partial charge is 0.243 e.